The van der Waals surface area contributed by atoms with E-state index in [4.69, 9.17) is 21.1 Å². The van der Waals surface area contributed by atoms with Crippen molar-refractivity contribution in [3.8, 4) is 11.5 Å². The molecule has 42 heavy (non-hydrogen) atoms. The van der Waals surface area contributed by atoms with Gasteiger partial charge in [-0.1, -0.05) is 113 Å². The summed E-state index contributed by atoms with van der Waals surface area (Å²) in [6.07, 6.45) is 19.6. The number of methoxy groups -OCH3 is 1. The highest BCUT2D eigenvalue weighted by atomic mass is 35.5. The zero-order valence-corrected chi connectivity index (χ0v) is 26.7. The minimum Gasteiger partial charge on any atom is -0.493 e. The van der Waals surface area contributed by atoms with Crippen LogP contribution in [-0.2, 0) is 20.1 Å². The van der Waals surface area contributed by atoms with E-state index in [0.29, 0.717) is 41.8 Å². The SMILES string of the molecule is CCCCCCCCCCCCCCOc1c(CN(Cc2ccc[n+](C)c2)C(=O)c2ccccc2Cl)cccc1OC. The summed E-state index contributed by atoms with van der Waals surface area (Å²) < 4.78 is 14.0. The molecular formula is C36H50ClN2O3+. The Bertz CT molecular complexity index is 1220. The lowest BCUT2D eigenvalue weighted by Crippen LogP contribution is -2.33. The number of amides is 1. The van der Waals surface area contributed by atoms with Crippen molar-refractivity contribution in [1.29, 1.82) is 0 Å². The Labute approximate surface area is 258 Å². The smallest absolute Gasteiger partial charge is 0.255 e. The lowest BCUT2D eigenvalue weighted by atomic mass is 10.1. The topological polar surface area (TPSA) is 42.7 Å². The van der Waals surface area contributed by atoms with E-state index in [1.807, 2.05) is 71.4 Å². The van der Waals surface area contributed by atoms with Crippen LogP contribution in [0.25, 0.3) is 0 Å². The van der Waals surface area contributed by atoms with Crippen LogP contribution in [-0.4, -0.2) is 24.5 Å². The van der Waals surface area contributed by atoms with Crippen LogP contribution < -0.4 is 14.0 Å². The molecular weight excluding hydrogens is 544 g/mol. The summed E-state index contributed by atoms with van der Waals surface area (Å²) in [5.74, 6) is 1.27. The fourth-order valence-electron chi connectivity index (χ4n) is 5.30. The third-order valence-electron chi connectivity index (χ3n) is 7.65. The Balaban J connectivity index is 1.59. The third-order valence-corrected chi connectivity index (χ3v) is 7.98. The molecule has 0 aliphatic carbocycles. The molecule has 0 unspecified atom stereocenters. The number of benzene rings is 2. The van der Waals surface area contributed by atoms with Gasteiger partial charge in [0.25, 0.3) is 5.91 Å². The Kier molecular flexibility index (Phi) is 15.3. The lowest BCUT2D eigenvalue weighted by molar-refractivity contribution is -0.672. The second-order valence-electron chi connectivity index (χ2n) is 11.2. The number of ether oxygens (including phenoxy) is 2. The molecule has 5 nitrogen and oxygen atoms in total. The van der Waals surface area contributed by atoms with Crippen LogP contribution in [0.5, 0.6) is 11.5 Å². The maximum Gasteiger partial charge on any atom is 0.255 e. The van der Waals surface area contributed by atoms with Crippen LogP contribution in [0.4, 0.5) is 0 Å². The van der Waals surface area contributed by atoms with Crippen molar-refractivity contribution in [3.63, 3.8) is 0 Å². The summed E-state index contributed by atoms with van der Waals surface area (Å²) in [7, 11) is 3.64. The number of hydrogen-bond acceptors (Lipinski definition) is 3. The number of pyridine rings is 1. The molecule has 0 aliphatic rings. The first kappa shape index (κ1) is 33.5. The van der Waals surface area contributed by atoms with E-state index in [0.717, 1.165) is 24.0 Å². The summed E-state index contributed by atoms with van der Waals surface area (Å²) in [6, 6.07) is 17.1. The zero-order chi connectivity index (χ0) is 30.0. The minimum absolute atomic E-state index is 0.123. The fraction of sp³-hybridized carbons (Fsp3) is 0.500. The molecule has 0 radical (unpaired) electrons. The molecule has 0 atom stereocenters. The molecule has 3 aromatic rings. The van der Waals surface area contributed by atoms with E-state index in [1.54, 1.807) is 19.2 Å². The van der Waals surface area contributed by atoms with Gasteiger partial charge in [0, 0.05) is 17.2 Å². The highest BCUT2D eigenvalue weighted by molar-refractivity contribution is 6.33. The van der Waals surface area contributed by atoms with Crippen molar-refractivity contribution in [2.75, 3.05) is 13.7 Å². The zero-order valence-electron chi connectivity index (χ0n) is 26.0. The summed E-state index contributed by atoms with van der Waals surface area (Å²) in [6.45, 7) is 3.70. The molecule has 0 fully saturated rings. The average Bonchev–Trinajstić information content (AvgIpc) is 2.99. The molecule has 1 amide bonds. The Morgan fingerprint density at radius 3 is 2.12 bits per heavy atom. The van der Waals surface area contributed by atoms with E-state index >= 15 is 0 Å². The Morgan fingerprint density at radius 1 is 0.810 bits per heavy atom. The average molecular weight is 594 g/mol. The molecule has 0 bridgehead atoms. The predicted molar refractivity (Wildman–Crippen MR) is 172 cm³/mol. The van der Waals surface area contributed by atoms with Crippen molar-refractivity contribution >= 4 is 17.5 Å². The molecule has 0 aliphatic heterocycles. The molecule has 0 N–H and O–H groups in total. The monoisotopic (exact) mass is 593 g/mol. The van der Waals surface area contributed by atoms with Crippen LogP contribution in [0.1, 0.15) is 105 Å². The number of aryl methyl sites for hydroxylation is 1. The van der Waals surface area contributed by atoms with Gasteiger partial charge in [-0.05, 0) is 30.7 Å². The van der Waals surface area contributed by atoms with Crippen LogP contribution in [0.3, 0.4) is 0 Å². The second-order valence-corrected chi connectivity index (χ2v) is 11.6. The fourth-order valence-corrected chi connectivity index (χ4v) is 5.52. The van der Waals surface area contributed by atoms with E-state index in [1.165, 1.54) is 64.2 Å². The summed E-state index contributed by atoms with van der Waals surface area (Å²) in [4.78, 5) is 15.6. The number of carbonyl (C=O) groups excluding carboxylic acids is 1. The maximum atomic E-state index is 13.8. The van der Waals surface area contributed by atoms with Crippen LogP contribution in [0.15, 0.2) is 67.0 Å². The van der Waals surface area contributed by atoms with E-state index < -0.39 is 0 Å². The van der Waals surface area contributed by atoms with E-state index in [2.05, 4.69) is 6.92 Å². The summed E-state index contributed by atoms with van der Waals surface area (Å²) >= 11 is 6.45. The van der Waals surface area contributed by atoms with Gasteiger partial charge in [-0.3, -0.25) is 4.79 Å². The Hall–Kier alpha value is -3.05. The molecule has 6 heteroatoms. The summed E-state index contributed by atoms with van der Waals surface area (Å²) in [5.41, 5.74) is 2.43. The molecule has 1 aromatic heterocycles. The van der Waals surface area contributed by atoms with Gasteiger partial charge < -0.3 is 14.4 Å². The number of rotatable bonds is 20. The summed E-state index contributed by atoms with van der Waals surface area (Å²) in [5, 5.41) is 0.445. The van der Waals surface area contributed by atoms with Gasteiger partial charge in [-0.15, -0.1) is 0 Å². The quantitative estimate of drug-likeness (QED) is 0.0969. The van der Waals surface area contributed by atoms with E-state index in [9.17, 15) is 4.79 Å². The van der Waals surface area contributed by atoms with Crippen molar-refractivity contribution in [2.24, 2.45) is 7.05 Å². The number of aromatic nitrogens is 1. The van der Waals surface area contributed by atoms with E-state index in [-0.39, 0.29) is 5.91 Å². The van der Waals surface area contributed by atoms with Crippen molar-refractivity contribution in [2.45, 2.75) is 97.1 Å². The van der Waals surface area contributed by atoms with Gasteiger partial charge in [-0.2, -0.15) is 0 Å². The largest absolute Gasteiger partial charge is 0.493 e. The molecule has 2 aromatic carbocycles. The predicted octanol–water partition coefficient (Wildman–Crippen LogP) is 9.10. The number of halogens is 1. The molecule has 0 saturated carbocycles. The third kappa shape index (κ3) is 11.3. The standard InChI is InChI=1S/C36H50ClN2O3/c1-4-5-6-7-8-9-10-11-12-13-14-17-26-42-35-31(21-18-24-34(35)41-3)29-39(28-30-20-19-25-38(2)27-30)36(40)32-22-15-16-23-33(32)37/h15-16,18-25,27H,4-14,17,26,28-29H2,1-3H3/q+1. The molecule has 0 saturated heterocycles. The first-order valence-electron chi connectivity index (χ1n) is 15.8. The normalized spacial score (nSPS) is 11.0. The van der Waals surface area contributed by atoms with Gasteiger partial charge in [0.1, 0.15) is 7.05 Å². The molecule has 228 valence electrons. The van der Waals surface area contributed by atoms with Gasteiger partial charge in [-0.25, -0.2) is 4.57 Å². The highest BCUT2D eigenvalue weighted by Gasteiger charge is 2.22. The van der Waals surface area contributed by atoms with Crippen molar-refractivity contribution in [3.05, 3.63) is 88.7 Å². The maximum absolute atomic E-state index is 13.8. The second kappa shape index (κ2) is 19.2. The first-order chi connectivity index (χ1) is 20.5. The van der Waals surface area contributed by atoms with Gasteiger partial charge in [0.15, 0.2) is 23.9 Å². The number of para-hydroxylation sites is 1. The first-order valence-corrected chi connectivity index (χ1v) is 16.2. The number of carbonyl (C=O) groups is 1. The van der Waals surface area contributed by atoms with Crippen molar-refractivity contribution in [1.82, 2.24) is 4.90 Å². The lowest BCUT2D eigenvalue weighted by Gasteiger charge is -2.25. The number of unbranched alkanes of at least 4 members (excludes halogenated alkanes) is 11. The number of hydrogen-bond donors (Lipinski definition) is 0. The van der Waals surface area contributed by atoms with Crippen LogP contribution >= 0.6 is 11.6 Å². The van der Waals surface area contributed by atoms with Gasteiger partial charge >= 0.3 is 0 Å². The number of nitrogens with zero attached hydrogens (tertiary/aromatic N) is 2. The minimum atomic E-state index is -0.123. The van der Waals surface area contributed by atoms with Crippen molar-refractivity contribution < 1.29 is 18.8 Å². The van der Waals surface area contributed by atoms with Gasteiger partial charge in [0.05, 0.1) is 37.4 Å². The Morgan fingerprint density at radius 2 is 1.48 bits per heavy atom. The highest BCUT2D eigenvalue weighted by Crippen LogP contribution is 2.33. The molecule has 1 heterocycles. The van der Waals surface area contributed by atoms with Crippen LogP contribution in [0, 0.1) is 0 Å². The molecule has 0 spiro atoms. The molecule has 3 rings (SSSR count). The van der Waals surface area contributed by atoms with Crippen LogP contribution in [0.2, 0.25) is 5.02 Å². The van der Waals surface area contributed by atoms with Gasteiger partial charge in [0.2, 0.25) is 0 Å².